The Hall–Kier alpha value is -1.63. The molecule has 0 fully saturated rings. The van der Waals surface area contributed by atoms with E-state index in [0.29, 0.717) is 5.56 Å². The molecule has 0 saturated carbocycles. The standard InChI is InChI=1S/C16H22O6/c1-4-21-15(17)13-7-11(2)14(22-10-19-3)8-16(13,18)12-5-6-20-9-12/h5-7,9,13-14,18H,4,8,10H2,1-3H3/t13-,14-,16+/m1/s1. The zero-order valence-corrected chi connectivity index (χ0v) is 13.1. The Labute approximate surface area is 129 Å². The highest BCUT2D eigenvalue weighted by atomic mass is 16.7. The van der Waals surface area contributed by atoms with Crippen LogP contribution in [0, 0.1) is 5.92 Å². The van der Waals surface area contributed by atoms with Gasteiger partial charge in [0.05, 0.1) is 25.2 Å². The zero-order valence-electron chi connectivity index (χ0n) is 13.1. The first-order chi connectivity index (χ1) is 10.5. The third-order valence-corrected chi connectivity index (χ3v) is 3.90. The lowest BCUT2D eigenvalue weighted by molar-refractivity contribution is -0.162. The molecule has 1 heterocycles. The van der Waals surface area contributed by atoms with Crippen LogP contribution in [0.3, 0.4) is 0 Å². The Morgan fingerprint density at radius 2 is 2.32 bits per heavy atom. The molecule has 0 spiro atoms. The number of hydrogen-bond acceptors (Lipinski definition) is 6. The van der Waals surface area contributed by atoms with Crippen molar-refractivity contribution in [1.29, 1.82) is 0 Å². The van der Waals surface area contributed by atoms with Gasteiger partial charge in [-0.15, -0.1) is 0 Å². The first-order valence-corrected chi connectivity index (χ1v) is 7.23. The summed E-state index contributed by atoms with van der Waals surface area (Å²) in [5.41, 5.74) is -0.0411. The Balaban J connectivity index is 2.35. The molecule has 6 nitrogen and oxygen atoms in total. The summed E-state index contributed by atoms with van der Waals surface area (Å²) in [6.45, 7) is 3.97. The molecule has 1 aromatic heterocycles. The van der Waals surface area contributed by atoms with Crippen LogP contribution in [0.4, 0.5) is 0 Å². The lowest BCUT2D eigenvalue weighted by atomic mass is 9.72. The van der Waals surface area contributed by atoms with E-state index in [9.17, 15) is 9.90 Å². The topological polar surface area (TPSA) is 78.1 Å². The van der Waals surface area contributed by atoms with E-state index in [1.54, 1.807) is 19.1 Å². The van der Waals surface area contributed by atoms with E-state index < -0.39 is 17.5 Å². The van der Waals surface area contributed by atoms with Gasteiger partial charge in [-0.25, -0.2) is 0 Å². The predicted molar refractivity (Wildman–Crippen MR) is 77.9 cm³/mol. The van der Waals surface area contributed by atoms with Gasteiger partial charge in [-0.1, -0.05) is 6.08 Å². The highest BCUT2D eigenvalue weighted by Gasteiger charge is 2.48. The maximum atomic E-state index is 12.3. The first kappa shape index (κ1) is 16.7. The van der Waals surface area contributed by atoms with Gasteiger partial charge in [-0.05, 0) is 25.5 Å². The van der Waals surface area contributed by atoms with Gasteiger partial charge in [-0.2, -0.15) is 0 Å². The number of ether oxygens (including phenoxy) is 3. The SMILES string of the molecule is CCOC(=O)[C@H]1C=C(C)[C@H](OCOC)C[C@]1(O)c1ccoc1. The van der Waals surface area contributed by atoms with Gasteiger partial charge in [0.25, 0.3) is 0 Å². The fourth-order valence-electron chi connectivity index (χ4n) is 2.72. The van der Waals surface area contributed by atoms with E-state index in [-0.39, 0.29) is 25.9 Å². The summed E-state index contributed by atoms with van der Waals surface area (Å²) in [5.74, 6) is -1.26. The fourth-order valence-corrected chi connectivity index (χ4v) is 2.72. The minimum Gasteiger partial charge on any atom is -0.472 e. The van der Waals surface area contributed by atoms with Gasteiger partial charge in [0.2, 0.25) is 0 Å². The van der Waals surface area contributed by atoms with Crippen molar-refractivity contribution in [3.63, 3.8) is 0 Å². The number of aliphatic hydroxyl groups is 1. The van der Waals surface area contributed by atoms with Crippen molar-refractivity contribution in [1.82, 2.24) is 0 Å². The molecule has 22 heavy (non-hydrogen) atoms. The van der Waals surface area contributed by atoms with Gasteiger partial charge >= 0.3 is 5.97 Å². The summed E-state index contributed by atoms with van der Waals surface area (Å²) in [6.07, 6.45) is 4.49. The molecule has 1 aromatic rings. The largest absolute Gasteiger partial charge is 0.472 e. The van der Waals surface area contributed by atoms with Crippen molar-refractivity contribution in [2.75, 3.05) is 20.5 Å². The minimum atomic E-state index is -1.43. The minimum absolute atomic E-state index is 0.112. The number of esters is 1. The molecule has 1 aliphatic rings. The van der Waals surface area contributed by atoms with Crippen LogP contribution < -0.4 is 0 Å². The summed E-state index contributed by atoms with van der Waals surface area (Å²) in [6, 6.07) is 1.65. The molecule has 2 rings (SSSR count). The lowest BCUT2D eigenvalue weighted by Gasteiger charge is -2.39. The van der Waals surface area contributed by atoms with Crippen LogP contribution in [0.5, 0.6) is 0 Å². The first-order valence-electron chi connectivity index (χ1n) is 7.23. The third kappa shape index (κ3) is 3.24. The second kappa shape index (κ2) is 7.09. The van der Waals surface area contributed by atoms with Crippen LogP contribution >= 0.6 is 0 Å². The predicted octanol–water partition coefficient (Wildman–Crippen LogP) is 1.99. The molecular weight excluding hydrogens is 288 g/mol. The van der Waals surface area contributed by atoms with Crippen LogP contribution in [0.25, 0.3) is 0 Å². The fraction of sp³-hybridized carbons (Fsp3) is 0.562. The van der Waals surface area contributed by atoms with E-state index in [1.807, 2.05) is 6.92 Å². The molecule has 0 bridgehead atoms. The highest BCUT2D eigenvalue weighted by molar-refractivity contribution is 5.77. The lowest BCUT2D eigenvalue weighted by Crippen LogP contribution is -2.46. The number of hydrogen-bond donors (Lipinski definition) is 1. The summed E-state index contributed by atoms with van der Waals surface area (Å²) in [7, 11) is 1.53. The molecule has 0 radical (unpaired) electrons. The molecule has 3 atom stereocenters. The van der Waals surface area contributed by atoms with Crippen molar-refractivity contribution in [2.45, 2.75) is 32.0 Å². The van der Waals surface area contributed by atoms with Gasteiger partial charge < -0.3 is 23.7 Å². The number of carbonyl (C=O) groups is 1. The molecule has 1 N–H and O–H groups in total. The number of furan rings is 1. The molecule has 0 amide bonds. The van der Waals surface area contributed by atoms with E-state index in [2.05, 4.69) is 0 Å². The second-order valence-corrected chi connectivity index (χ2v) is 5.34. The van der Waals surface area contributed by atoms with Crippen molar-refractivity contribution in [3.8, 4) is 0 Å². The van der Waals surface area contributed by atoms with Crippen LogP contribution in [0.1, 0.15) is 25.8 Å². The Kier molecular flexibility index (Phi) is 5.39. The van der Waals surface area contributed by atoms with Crippen molar-refractivity contribution in [2.24, 2.45) is 5.92 Å². The molecule has 0 aromatic carbocycles. The maximum Gasteiger partial charge on any atom is 0.316 e. The Morgan fingerprint density at radius 1 is 1.55 bits per heavy atom. The monoisotopic (exact) mass is 310 g/mol. The Morgan fingerprint density at radius 3 is 2.91 bits per heavy atom. The molecular formula is C16H22O6. The van der Waals surface area contributed by atoms with E-state index in [1.165, 1.54) is 19.6 Å². The molecule has 0 unspecified atom stereocenters. The normalized spacial score (nSPS) is 28.3. The Bertz CT molecular complexity index is 521. The molecule has 122 valence electrons. The molecule has 0 saturated heterocycles. The quantitative estimate of drug-likeness (QED) is 0.492. The van der Waals surface area contributed by atoms with E-state index >= 15 is 0 Å². The van der Waals surface area contributed by atoms with E-state index in [4.69, 9.17) is 18.6 Å². The number of methoxy groups -OCH3 is 1. The number of rotatable bonds is 6. The summed E-state index contributed by atoms with van der Waals surface area (Å²) in [5, 5.41) is 11.1. The van der Waals surface area contributed by atoms with Crippen LogP contribution in [-0.2, 0) is 24.6 Å². The third-order valence-electron chi connectivity index (χ3n) is 3.90. The highest BCUT2D eigenvalue weighted by Crippen LogP contribution is 2.42. The molecule has 0 aliphatic heterocycles. The average Bonchev–Trinajstić information content (AvgIpc) is 3.03. The van der Waals surface area contributed by atoms with Crippen LogP contribution in [0.15, 0.2) is 34.7 Å². The van der Waals surface area contributed by atoms with Crippen molar-refractivity contribution >= 4 is 5.97 Å². The van der Waals surface area contributed by atoms with Gasteiger partial charge in [0.1, 0.15) is 18.3 Å². The van der Waals surface area contributed by atoms with Gasteiger partial charge in [0, 0.05) is 19.1 Å². The average molecular weight is 310 g/mol. The second-order valence-electron chi connectivity index (χ2n) is 5.34. The molecule has 6 heteroatoms. The van der Waals surface area contributed by atoms with E-state index in [0.717, 1.165) is 5.57 Å². The number of carbonyl (C=O) groups excluding carboxylic acids is 1. The van der Waals surface area contributed by atoms with Crippen LogP contribution in [0.2, 0.25) is 0 Å². The zero-order chi connectivity index (χ0) is 16.2. The maximum absolute atomic E-state index is 12.3. The van der Waals surface area contributed by atoms with Crippen LogP contribution in [-0.4, -0.2) is 37.7 Å². The van der Waals surface area contributed by atoms with Crippen molar-refractivity contribution in [3.05, 3.63) is 35.8 Å². The molecule has 1 aliphatic carbocycles. The summed E-state index contributed by atoms with van der Waals surface area (Å²) >= 11 is 0. The van der Waals surface area contributed by atoms with Crippen molar-refractivity contribution < 1.29 is 28.5 Å². The smallest absolute Gasteiger partial charge is 0.316 e. The summed E-state index contributed by atoms with van der Waals surface area (Å²) < 4.78 is 20.7. The van der Waals surface area contributed by atoms with Gasteiger partial charge in [-0.3, -0.25) is 4.79 Å². The summed E-state index contributed by atoms with van der Waals surface area (Å²) in [4.78, 5) is 12.3. The van der Waals surface area contributed by atoms with Gasteiger partial charge in [0.15, 0.2) is 0 Å².